The number of carbonyl (C=O) groups is 2. The van der Waals surface area contributed by atoms with Crippen molar-refractivity contribution in [3.05, 3.63) is 89.4 Å². The van der Waals surface area contributed by atoms with Gasteiger partial charge in [-0.25, -0.2) is 8.42 Å². The Morgan fingerprint density at radius 2 is 1.60 bits per heavy atom. The van der Waals surface area contributed by atoms with E-state index in [1.165, 1.54) is 24.3 Å². The van der Waals surface area contributed by atoms with E-state index < -0.39 is 22.0 Å². The lowest BCUT2D eigenvalue weighted by atomic mass is 10.1. The summed E-state index contributed by atoms with van der Waals surface area (Å²) in [5, 5.41) is 3.07. The molecule has 0 spiro atoms. The summed E-state index contributed by atoms with van der Waals surface area (Å²) in [7, 11) is -4.04. The second kappa shape index (κ2) is 12.3. The SMILES string of the molecule is CCOC(=O)Cc1ccc(NC(=O)C(COc2ccccc2)NS(=O)(=O)c2ccc(Cl)cc2)cc1. The van der Waals surface area contributed by atoms with E-state index in [1.807, 2.05) is 6.07 Å². The number of nitrogens with one attached hydrogen (secondary N) is 2. The standard InChI is InChI=1S/C25H25ClN2O6S/c1-2-33-24(29)16-18-8-12-20(13-9-18)27-25(30)23(17-34-21-6-4-3-5-7-21)28-35(31,32)22-14-10-19(26)11-15-22/h3-15,23,28H,2,16-17H2,1H3,(H,27,30). The van der Waals surface area contributed by atoms with Gasteiger partial charge in [0, 0.05) is 10.7 Å². The van der Waals surface area contributed by atoms with Crippen LogP contribution in [0.25, 0.3) is 0 Å². The van der Waals surface area contributed by atoms with Crippen LogP contribution in [0.3, 0.4) is 0 Å². The Hall–Kier alpha value is -3.40. The van der Waals surface area contributed by atoms with Crippen LogP contribution < -0.4 is 14.8 Å². The van der Waals surface area contributed by atoms with Crippen LogP contribution in [0.1, 0.15) is 12.5 Å². The fourth-order valence-corrected chi connectivity index (χ4v) is 4.35. The summed E-state index contributed by atoms with van der Waals surface area (Å²) < 4.78 is 38.8. The van der Waals surface area contributed by atoms with Crippen LogP contribution in [-0.2, 0) is 30.8 Å². The maximum atomic E-state index is 13.0. The monoisotopic (exact) mass is 516 g/mol. The highest BCUT2D eigenvalue weighted by Gasteiger charge is 2.27. The third-order valence-corrected chi connectivity index (χ3v) is 6.51. The zero-order chi connectivity index (χ0) is 25.3. The van der Waals surface area contributed by atoms with Crippen LogP contribution in [-0.4, -0.2) is 39.5 Å². The van der Waals surface area contributed by atoms with Crippen LogP contribution in [0.2, 0.25) is 5.02 Å². The van der Waals surface area contributed by atoms with Gasteiger partial charge in [-0.05, 0) is 61.0 Å². The predicted octanol–water partition coefficient (Wildman–Crippen LogP) is 3.81. The van der Waals surface area contributed by atoms with Crippen molar-refractivity contribution >= 4 is 39.2 Å². The van der Waals surface area contributed by atoms with Gasteiger partial charge in [0.15, 0.2) is 0 Å². The molecule has 0 saturated heterocycles. The molecule has 2 N–H and O–H groups in total. The third kappa shape index (κ3) is 8.10. The van der Waals surface area contributed by atoms with E-state index in [1.54, 1.807) is 55.5 Å². The van der Waals surface area contributed by atoms with Crippen molar-refractivity contribution in [2.75, 3.05) is 18.5 Å². The molecule has 0 radical (unpaired) electrons. The zero-order valence-corrected chi connectivity index (χ0v) is 20.5. The average Bonchev–Trinajstić information content (AvgIpc) is 2.84. The number of amides is 1. The summed E-state index contributed by atoms with van der Waals surface area (Å²) in [4.78, 5) is 24.6. The summed E-state index contributed by atoms with van der Waals surface area (Å²) >= 11 is 5.86. The number of carbonyl (C=O) groups excluding carboxylic acids is 2. The lowest BCUT2D eigenvalue weighted by Crippen LogP contribution is -2.47. The summed E-state index contributed by atoms with van der Waals surface area (Å²) in [5.41, 5.74) is 1.15. The largest absolute Gasteiger partial charge is 0.491 e. The first-order chi connectivity index (χ1) is 16.8. The molecule has 0 bridgehead atoms. The van der Waals surface area contributed by atoms with E-state index in [4.69, 9.17) is 21.1 Å². The van der Waals surface area contributed by atoms with Gasteiger partial charge in [0.1, 0.15) is 18.4 Å². The van der Waals surface area contributed by atoms with Crippen LogP contribution in [0.15, 0.2) is 83.8 Å². The molecule has 10 heteroatoms. The molecule has 184 valence electrons. The van der Waals surface area contributed by atoms with Crippen molar-refractivity contribution in [2.24, 2.45) is 0 Å². The lowest BCUT2D eigenvalue weighted by Gasteiger charge is -2.19. The molecule has 0 aliphatic heterocycles. The van der Waals surface area contributed by atoms with Crippen molar-refractivity contribution in [3.63, 3.8) is 0 Å². The number of anilines is 1. The molecule has 1 atom stereocenters. The van der Waals surface area contributed by atoms with Crippen LogP contribution in [0.5, 0.6) is 5.75 Å². The maximum Gasteiger partial charge on any atom is 0.310 e. The Morgan fingerprint density at radius 3 is 2.23 bits per heavy atom. The summed E-state index contributed by atoms with van der Waals surface area (Å²) in [6, 6.07) is 19.7. The van der Waals surface area contributed by atoms with Crippen molar-refractivity contribution in [3.8, 4) is 5.75 Å². The molecule has 0 aliphatic carbocycles. The Bertz CT molecular complexity index is 1230. The number of hydrogen-bond donors (Lipinski definition) is 2. The zero-order valence-electron chi connectivity index (χ0n) is 18.9. The third-order valence-electron chi connectivity index (χ3n) is 4.77. The first kappa shape index (κ1) is 26.2. The average molecular weight is 517 g/mol. The van der Waals surface area contributed by atoms with Gasteiger partial charge in [0.25, 0.3) is 0 Å². The topological polar surface area (TPSA) is 111 Å². The molecule has 0 aromatic heterocycles. The second-order valence-electron chi connectivity index (χ2n) is 7.42. The molecule has 0 saturated carbocycles. The summed E-state index contributed by atoms with van der Waals surface area (Å²) in [5.74, 6) is -0.477. The molecule has 1 amide bonds. The quantitative estimate of drug-likeness (QED) is 0.375. The Kier molecular flexibility index (Phi) is 9.25. The van der Waals surface area contributed by atoms with Gasteiger partial charge in [0.05, 0.1) is 17.9 Å². The van der Waals surface area contributed by atoms with Crippen LogP contribution in [0.4, 0.5) is 5.69 Å². The highest BCUT2D eigenvalue weighted by molar-refractivity contribution is 7.89. The summed E-state index contributed by atoms with van der Waals surface area (Å²) in [6.45, 7) is 1.78. The molecule has 3 rings (SSSR count). The molecular formula is C25H25ClN2O6S. The van der Waals surface area contributed by atoms with Crippen molar-refractivity contribution in [1.29, 1.82) is 0 Å². The van der Waals surface area contributed by atoms with Crippen molar-refractivity contribution in [1.82, 2.24) is 4.72 Å². The number of ether oxygens (including phenoxy) is 2. The van der Waals surface area contributed by atoms with Gasteiger partial charge in [-0.1, -0.05) is 41.9 Å². The van der Waals surface area contributed by atoms with E-state index >= 15 is 0 Å². The first-order valence-corrected chi connectivity index (χ1v) is 12.6. The van der Waals surface area contributed by atoms with Gasteiger partial charge >= 0.3 is 5.97 Å². The normalized spacial score (nSPS) is 11.9. The highest BCUT2D eigenvalue weighted by Crippen LogP contribution is 2.16. The Labute approximate surface area is 209 Å². The fraction of sp³-hybridized carbons (Fsp3) is 0.200. The van der Waals surface area contributed by atoms with Gasteiger partial charge in [0.2, 0.25) is 15.9 Å². The number of para-hydroxylation sites is 1. The first-order valence-electron chi connectivity index (χ1n) is 10.8. The van der Waals surface area contributed by atoms with E-state index in [9.17, 15) is 18.0 Å². The summed E-state index contributed by atoms with van der Waals surface area (Å²) in [6.07, 6.45) is 0.108. The number of hydrogen-bond acceptors (Lipinski definition) is 6. The van der Waals surface area contributed by atoms with Gasteiger partial charge < -0.3 is 14.8 Å². The van der Waals surface area contributed by atoms with Crippen LogP contribution >= 0.6 is 11.6 Å². The number of halogens is 1. The highest BCUT2D eigenvalue weighted by atomic mass is 35.5. The fourth-order valence-electron chi connectivity index (χ4n) is 3.04. The van der Waals surface area contributed by atoms with E-state index in [0.717, 1.165) is 0 Å². The van der Waals surface area contributed by atoms with Crippen molar-refractivity contribution < 1.29 is 27.5 Å². The number of sulfonamides is 1. The molecule has 1 unspecified atom stereocenters. The minimum absolute atomic E-state index is 0.0391. The number of esters is 1. The lowest BCUT2D eigenvalue weighted by molar-refractivity contribution is -0.142. The smallest absolute Gasteiger partial charge is 0.310 e. The molecule has 35 heavy (non-hydrogen) atoms. The number of rotatable bonds is 11. The predicted molar refractivity (Wildman–Crippen MR) is 133 cm³/mol. The minimum Gasteiger partial charge on any atom is -0.491 e. The molecule has 0 fully saturated rings. The van der Waals surface area contributed by atoms with Crippen LogP contribution in [0, 0.1) is 0 Å². The minimum atomic E-state index is -4.04. The Balaban J connectivity index is 1.74. The van der Waals surface area contributed by atoms with Crippen molar-refractivity contribution in [2.45, 2.75) is 24.3 Å². The molecule has 8 nitrogen and oxygen atoms in total. The maximum absolute atomic E-state index is 13.0. The van der Waals surface area contributed by atoms with E-state index in [-0.39, 0.29) is 23.9 Å². The van der Waals surface area contributed by atoms with E-state index in [0.29, 0.717) is 28.6 Å². The molecule has 0 heterocycles. The number of benzene rings is 3. The molecular weight excluding hydrogens is 492 g/mol. The molecule has 3 aromatic carbocycles. The Morgan fingerprint density at radius 1 is 0.943 bits per heavy atom. The van der Waals surface area contributed by atoms with Gasteiger partial charge in [-0.3, -0.25) is 9.59 Å². The van der Waals surface area contributed by atoms with E-state index in [2.05, 4.69) is 10.0 Å². The van der Waals surface area contributed by atoms with Gasteiger partial charge in [-0.2, -0.15) is 4.72 Å². The second-order valence-corrected chi connectivity index (χ2v) is 9.57. The molecule has 0 aliphatic rings. The molecule has 3 aromatic rings. The van der Waals surface area contributed by atoms with Gasteiger partial charge in [-0.15, -0.1) is 0 Å².